The van der Waals surface area contributed by atoms with Crippen LogP contribution in [-0.4, -0.2) is 53.4 Å². The number of carbonyl (C=O) groups is 2. The van der Waals surface area contributed by atoms with Crippen molar-refractivity contribution in [2.45, 2.75) is 50.4 Å². The summed E-state index contributed by atoms with van der Waals surface area (Å²) in [6.07, 6.45) is 0.594. The number of hydrogen-bond acceptors (Lipinski definition) is 5. The molecule has 7 nitrogen and oxygen atoms in total. The van der Waals surface area contributed by atoms with E-state index in [0.29, 0.717) is 44.6 Å². The Labute approximate surface area is 206 Å². The lowest BCUT2D eigenvalue weighted by Gasteiger charge is -2.40. The van der Waals surface area contributed by atoms with Gasteiger partial charge in [0.25, 0.3) is 5.91 Å². The highest BCUT2D eigenvalue weighted by Gasteiger charge is 2.50. The number of amides is 2. The molecule has 3 heterocycles. The van der Waals surface area contributed by atoms with Gasteiger partial charge in [-0.1, -0.05) is 6.07 Å². The van der Waals surface area contributed by atoms with Crippen LogP contribution in [0.3, 0.4) is 0 Å². The van der Waals surface area contributed by atoms with E-state index in [1.54, 1.807) is 41.4 Å². The van der Waals surface area contributed by atoms with Crippen molar-refractivity contribution >= 4 is 17.5 Å². The van der Waals surface area contributed by atoms with Gasteiger partial charge in [0.1, 0.15) is 11.7 Å². The minimum absolute atomic E-state index is 0.150. The van der Waals surface area contributed by atoms with Gasteiger partial charge in [0.2, 0.25) is 5.91 Å². The molecule has 10 heteroatoms. The molecule has 2 aromatic rings. The second kappa shape index (κ2) is 9.12. The molecule has 1 saturated carbocycles. The van der Waals surface area contributed by atoms with Gasteiger partial charge in [0.15, 0.2) is 0 Å². The van der Waals surface area contributed by atoms with Crippen LogP contribution in [0.5, 0.6) is 0 Å². The van der Waals surface area contributed by atoms with E-state index in [-0.39, 0.29) is 29.0 Å². The molecular formula is C26H26F3N5O2. The molecule has 1 unspecified atom stereocenters. The molecule has 1 aromatic heterocycles. The average molecular weight is 498 g/mol. The number of carbonyl (C=O) groups excluding carboxylic acids is 2. The SMILES string of the molecule is N#Cc1ccc(N2CCC3(CC2)CC(C(=O)NC2CC2)N(C(=O)c2ccccn2)C3)cc1C(F)(F)F. The third kappa shape index (κ3) is 4.74. The van der Waals surface area contributed by atoms with Crippen molar-refractivity contribution in [3.05, 3.63) is 59.4 Å². The maximum Gasteiger partial charge on any atom is 0.417 e. The molecule has 36 heavy (non-hydrogen) atoms. The van der Waals surface area contributed by atoms with Crippen LogP contribution in [0.15, 0.2) is 42.6 Å². The molecule has 188 valence electrons. The first kappa shape index (κ1) is 24.1. The summed E-state index contributed by atoms with van der Waals surface area (Å²) in [5.74, 6) is -0.434. The normalized spacial score (nSPS) is 21.3. The number of nitriles is 1. The lowest BCUT2D eigenvalue weighted by Crippen LogP contribution is -2.46. The van der Waals surface area contributed by atoms with Gasteiger partial charge >= 0.3 is 6.18 Å². The van der Waals surface area contributed by atoms with Crippen molar-refractivity contribution in [2.75, 3.05) is 24.5 Å². The number of anilines is 1. The number of alkyl halides is 3. The standard InChI is InChI=1S/C26H26F3N5O2/c27-26(28,29)20-13-19(7-4-17(20)15-30)33-11-8-25(9-12-33)14-22(23(35)32-18-5-6-18)34(16-25)24(36)21-3-1-2-10-31-21/h1-4,7,10,13,18,22H,5-6,8-9,11-12,14,16H2,(H,32,35). The number of piperidine rings is 1. The van der Waals surface area contributed by atoms with Crippen molar-refractivity contribution in [3.63, 3.8) is 0 Å². The Hall–Kier alpha value is -3.61. The summed E-state index contributed by atoms with van der Waals surface area (Å²) in [7, 11) is 0. The number of likely N-dealkylation sites (tertiary alicyclic amines) is 1. The zero-order valence-corrected chi connectivity index (χ0v) is 19.6. The Balaban J connectivity index is 1.34. The molecule has 1 aliphatic carbocycles. The summed E-state index contributed by atoms with van der Waals surface area (Å²) < 4.78 is 40.3. The maximum absolute atomic E-state index is 13.4. The van der Waals surface area contributed by atoms with Gasteiger partial charge in [-0.3, -0.25) is 14.6 Å². The molecule has 2 aliphatic heterocycles. The lowest BCUT2D eigenvalue weighted by molar-refractivity contribution is -0.137. The molecule has 2 amide bonds. The van der Waals surface area contributed by atoms with Gasteiger partial charge in [-0.05, 0) is 67.9 Å². The highest BCUT2D eigenvalue weighted by atomic mass is 19.4. The zero-order chi connectivity index (χ0) is 25.5. The van der Waals surface area contributed by atoms with E-state index < -0.39 is 23.3 Å². The van der Waals surface area contributed by atoms with Crippen molar-refractivity contribution in [3.8, 4) is 6.07 Å². The number of aromatic nitrogens is 1. The predicted molar refractivity (Wildman–Crippen MR) is 125 cm³/mol. The fourth-order valence-electron chi connectivity index (χ4n) is 5.33. The molecule has 3 fully saturated rings. The number of nitrogens with one attached hydrogen (secondary N) is 1. The monoisotopic (exact) mass is 497 g/mol. The molecule has 2 saturated heterocycles. The Morgan fingerprint density at radius 3 is 2.50 bits per heavy atom. The largest absolute Gasteiger partial charge is 0.417 e. The lowest BCUT2D eigenvalue weighted by atomic mass is 9.76. The molecule has 1 N–H and O–H groups in total. The van der Waals surface area contributed by atoms with E-state index >= 15 is 0 Å². The minimum atomic E-state index is -4.61. The number of rotatable bonds is 4. The van der Waals surface area contributed by atoms with Crippen molar-refractivity contribution in [2.24, 2.45) is 5.41 Å². The van der Waals surface area contributed by atoms with Gasteiger partial charge in [-0.2, -0.15) is 18.4 Å². The number of benzene rings is 1. The van der Waals surface area contributed by atoms with E-state index in [0.717, 1.165) is 18.9 Å². The Morgan fingerprint density at radius 2 is 1.89 bits per heavy atom. The summed E-state index contributed by atoms with van der Waals surface area (Å²) in [5.41, 5.74) is -0.935. The van der Waals surface area contributed by atoms with E-state index in [1.807, 2.05) is 4.90 Å². The first-order valence-corrected chi connectivity index (χ1v) is 12.1. The number of hydrogen-bond donors (Lipinski definition) is 1. The van der Waals surface area contributed by atoms with Gasteiger partial charge in [0, 0.05) is 37.6 Å². The summed E-state index contributed by atoms with van der Waals surface area (Å²) in [5, 5.41) is 12.1. The molecule has 1 aromatic carbocycles. The van der Waals surface area contributed by atoms with Gasteiger partial charge in [-0.25, -0.2) is 0 Å². The van der Waals surface area contributed by atoms with E-state index in [4.69, 9.17) is 5.26 Å². The maximum atomic E-state index is 13.4. The van der Waals surface area contributed by atoms with Crippen molar-refractivity contribution in [1.82, 2.24) is 15.2 Å². The summed E-state index contributed by atoms with van der Waals surface area (Å²) in [6, 6.07) is 10.1. The first-order valence-electron chi connectivity index (χ1n) is 12.1. The fraction of sp³-hybridized carbons (Fsp3) is 0.462. The quantitative estimate of drug-likeness (QED) is 0.695. The molecule has 0 radical (unpaired) electrons. The van der Waals surface area contributed by atoms with Gasteiger partial charge in [-0.15, -0.1) is 0 Å². The van der Waals surface area contributed by atoms with Gasteiger partial charge in [0.05, 0.1) is 17.2 Å². The molecule has 1 spiro atoms. The Morgan fingerprint density at radius 1 is 1.14 bits per heavy atom. The first-order chi connectivity index (χ1) is 17.2. The summed E-state index contributed by atoms with van der Waals surface area (Å²) in [4.78, 5) is 34.1. The van der Waals surface area contributed by atoms with Crippen molar-refractivity contribution < 1.29 is 22.8 Å². The second-order valence-electron chi connectivity index (χ2n) is 9.98. The van der Waals surface area contributed by atoms with E-state index in [9.17, 15) is 22.8 Å². The summed E-state index contributed by atoms with van der Waals surface area (Å²) in [6.45, 7) is 1.39. The molecule has 5 rings (SSSR count). The molecule has 1 atom stereocenters. The molecular weight excluding hydrogens is 471 g/mol. The smallest absolute Gasteiger partial charge is 0.371 e. The molecule has 0 bridgehead atoms. The zero-order valence-electron chi connectivity index (χ0n) is 19.6. The van der Waals surface area contributed by atoms with Crippen LogP contribution in [0.1, 0.15) is 53.7 Å². The van der Waals surface area contributed by atoms with Crippen LogP contribution in [-0.2, 0) is 11.0 Å². The highest BCUT2D eigenvalue weighted by Crippen LogP contribution is 2.45. The minimum Gasteiger partial charge on any atom is -0.371 e. The average Bonchev–Trinajstić information content (AvgIpc) is 3.62. The van der Waals surface area contributed by atoms with E-state index in [1.165, 1.54) is 6.07 Å². The third-order valence-corrected chi connectivity index (χ3v) is 7.50. The van der Waals surface area contributed by atoms with Crippen LogP contribution < -0.4 is 10.2 Å². The van der Waals surface area contributed by atoms with Crippen LogP contribution in [0.4, 0.5) is 18.9 Å². The topological polar surface area (TPSA) is 89.3 Å². The second-order valence-corrected chi connectivity index (χ2v) is 9.98. The Kier molecular flexibility index (Phi) is 6.10. The fourth-order valence-corrected chi connectivity index (χ4v) is 5.33. The van der Waals surface area contributed by atoms with Crippen LogP contribution in [0.25, 0.3) is 0 Å². The van der Waals surface area contributed by atoms with Crippen LogP contribution in [0.2, 0.25) is 0 Å². The Bertz CT molecular complexity index is 1200. The highest BCUT2D eigenvalue weighted by molar-refractivity contribution is 5.96. The number of nitrogens with zero attached hydrogens (tertiary/aromatic N) is 4. The van der Waals surface area contributed by atoms with Crippen molar-refractivity contribution in [1.29, 1.82) is 5.26 Å². The number of pyridine rings is 1. The number of halogens is 3. The van der Waals surface area contributed by atoms with E-state index in [2.05, 4.69) is 10.3 Å². The summed E-state index contributed by atoms with van der Waals surface area (Å²) >= 11 is 0. The van der Waals surface area contributed by atoms with Gasteiger partial charge < -0.3 is 15.1 Å². The predicted octanol–water partition coefficient (Wildman–Crippen LogP) is 3.75. The van der Waals surface area contributed by atoms with Crippen LogP contribution >= 0.6 is 0 Å². The third-order valence-electron chi connectivity index (χ3n) is 7.50. The molecule has 3 aliphatic rings. The van der Waals surface area contributed by atoms with Crippen LogP contribution in [0, 0.1) is 16.7 Å².